The van der Waals surface area contributed by atoms with Gasteiger partial charge in [0, 0.05) is 11.5 Å². The van der Waals surface area contributed by atoms with Crippen LogP contribution in [0.25, 0.3) is 0 Å². The van der Waals surface area contributed by atoms with Crippen molar-refractivity contribution in [3.05, 3.63) is 15.8 Å². The first kappa shape index (κ1) is 10.2. The maximum absolute atomic E-state index is 8.96. The van der Waals surface area contributed by atoms with Crippen LogP contribution in [0.15, 0.2) is 12.1 Å². The number of halogens is 1. The molecular formula is C8H9BINO3. The number of aromatic nitrogens is 1. The van der Waals surface area contributed by atoms with Gasteiger partial charge >= 0.3 is 7.12 Å². The molecule has 2 rings (SSSR count). The second-order valence-electron chi connectivity index (χ2n) is 3.22. The summed E-state index contributed by atoms with van der Waals surface area (Å²) < 4.78 is 6.03. The fraction of sp³-hybridized carbons (Fsp3) is 0.375. The van der Waals surface area contributed by atoms with Crippen molar-refractivity contribution >= 4 is 35.2 Å². The van der Waals surface area contributed by atoms with Crippen LogP contribution in [-0.4, -0.2) is 28.3 Å². The van der Waals surface area contributed by atoms with Crippen LogP contribution in [0.5, 0.6) is 5.88 Å². The average molecular weight is 305 g/mol. The molecule has 0 radical (unpaired) electrons. The van der Waals surface area contributed by atoms with Crippen LogP contribution in [0.4, 0.5) is 0 Å². The van der Waals surface area contributed by atoms with Gasteiger partial charge in [0.25, 0.3) is 0 Å². The predicted molar refractivity (Wildman–Crippen MR) is 60.4 cm³/mol. The molecule has 1 aromatic heterocycles. The Morgan fingerprint density at radius 3 is 2.64 bits per heavy atom. The first-order valence-electron chi connectivity index (χ1n) is 4.36. The highest BCUT2D eigenvalue weighted by molar-refractivity contribution is 14.1. The normalized spacial score (nSPS) is 15.4. The molecule has 4 nitrogen and oxygen atoms in total. The minimum absolute atomic E-state index is 0.309. The van der Waals surface area contributed by atoms with Gasteiger partial charge in [-0.15, -0.1) is 0 Å². The van der Waals surface area contributed by atoms with Crippen LogP contribution in [0.2, 0.25) is 0 Å². The molecule has 0 atom stereocenters. The van der Waals surface area contributed by atoms with Crippen LogP contribution in [0, 0.1) is 3.70 Å². The molecule has 0 aliphatic heterocycles. The lowest BCUT2D eigenvalue weighted by atomic mass is 9.82. The van der Waals surface area contributed by atoms with E-state index in [4.69, 9.17) is 14.8 Å². The van der Waals surface area contributed by atoms with E-state index in [9.17, 15) is 0 Å². The number of ether oxygens (including phenoxy) is 1. The summed E-state index contributed by atoms with van der Waals surface area (Å²) in [4.78, 5) is 4.12. The van der Waals surface area contributed by atoms with E-state index in [-0.39, 0.29) is 0 Å². The summed E-state index contributed by atoms with van der Waals surface area (Å²) in [6.45, 7) is 0. The Bertz CT molecular complexity index is 343. The third-order valence-corrected chi connectivity index (χ3v) is 2.81. The van der Waals surface area contributed by atoms with Gasteiger partial charge in [-0.2, -0.15) is 0 Å². The number of hydrogen-bond acceptors (Lipinski definition) is 4. The summed E-state index contributed by atoms with van der Waals surface area (Å²) in [6.07, 6.45) is 2.48. The van der Waals surface area contributed by atoms with Gasteiger partial charge in [0.15, 0.2) is 0 Å². The van der Waals surface area contributed by atoms with Crippen LogP contribution in [0.3, 0.4) is 0 Å². The first-order chi connectivity index (χ1) is 6.66. The molecule has 0 bridgehead atoms. The van der Waals surface area contributed by atoms with Crippen LogP contribution < -0.4 is 10.2 Å². The molecule has 0 spiro atoms. The Morgan fingerprint density at radius 2 is 2.14 bits per heavy atom. The second-order valence-corrected chi connectivity index (χ2v) is 4.24. The van der Waals surface area contributed by atoms with Crippen molar-refractivity contribution in [1.82, 2.24) is 4.98 Å². The fourth-order valence-electron chi connectivity index (χ4n) is 1.04. The lowest BCUT2D eigenvalue weighted by Gasteiger charge is -2.06. The summed E-state index contributed by atoms with van der Waals surface area (Å²) in [5.74, 6) is 0.557. The monoisotopic (exact) mass is 305 g/mol. The third kappa shape index (κ3) is 2.37. The number of pyridine rings is 1. The molecule has 1 aromatic rings. The van der Waals surface area contributed by atoms with Crippen molar-refractivity contribution in [2.75, 3.05) is 0 Å². The maximum Gasteiger partial charge on any atom is 0.491 e. The van der Waals surface area contributed by atoms with Gasteiger partial charge in [-0.25, -0.2) is 4.98 Å². The fourth-order valence-corrected chi connectivity index (χ4v) is 1.74. The van der Waals surface area contributed by atoms with Crippen molar-refractivity contribution in [3.63, 3.8) is 0 Å². The maximum atomic E-state index is 8.96. The molecule has 0 aromatic carbocycles. The average Bonchev–Trinajstić information content (AvgIpc) is 2.87. The van der Waals surface area contributed by atoms with E-state index >= 15 is 0 Å². The molecule has 0 saturated heterocycles. The summed E-state index contributed by atoms with van der Waals surface area (Å²) in [7, 11) is -1.47. The van der Waals surface area contributed by atoms with Gasteiger partial charge < -0.3 is 14.8 Å². The topological polar surface area (TPSA) is 62.6 Å². The summed E-state index contributed by atoms with van der Waals surface area (Å²) in [5, 5.41) is 17.9. The van der Waals surface area contributed by atoms with Gasteiger partial charge in [-0.3, -0.25) is 0 Å². The Labute approximate surface area is 95.6 Å². The minimum atomic E-state index is -1.47. The van der Waals surface area contributed by atoms with Gasteiger partial charge in [0.05, 0.1) is 0 Å². The van der Waals surface area contributed by atoms with Crippen molar-refractivity contribution < 1.29 is 14.8 Å². The van der Waals surface area contributed by atoms with Crippen LogP contribution in [0.1, 0.15) is 12.8 Å². The summed E-state index contributed by atoms with van der Waals surface area (Å²) >= 11 is 1.96. The summed E-state index contributed by atoms with van der Waals surface area (Å²) in [6, 6.07) is 3.28. The zero-order valence-corrected chi connectivity index (χ0v) is 9.51. The molecule has 1 fully saturated rings. The van der Waals surface area contributed by atoms with E-state index in [0.717, 1.165) is 12.8 Å². The Hall–Kier alpha value is -0.335. The zero-order valence-electron chi connectivity index (χ0n) is 7.35. The lowest BCUT2D eigenvalue weighted by molar-refractivity contribution is 0.290. The Morgan fingerprint density at radius 1 is 1.43 bits per heavy atom. The zero-order chi connectivity index (χ0) is 10.1. The van der Waals surface area contributed by atoms with Gasteiger partial charge in [0.1, 0.15) is 9.80 Å². The van der Waals surface area contributed by atoms with E-state index in [1.54, 1.807) is 12.1 Å². The van der Waals surface area contributed by atoms with Crippen molar-refractivity contribution in [2.45, 2.75) is 18.9 Å². The molecule has 1 heterocycles. The van der Waals surface area contributed by atoms with E-state index in [0.29, 0.717) is 21.1 Å². The Kier molecular flexibility index (Phi) is 2.94. The highest BCUT2D eigenvalue weighted by Gasteiger charge is 2.24. The molecule has 0 amide bonds. The van der Waals surface area contributed by atoms with E-state index in [2.05, 4.69) is 4.98 Å². The number of rotatable bonds is 3. The van der Waals surface area contributed by atoms with Gasteiger partial charge in [-0.1, -0.05) is 6.07 Å². The van der Waals surface area contributed by atoms with E-state index < -0.39 is 7.12 Å². The third-order valence-electron chi connectivity index (χ3n) is 1.94. The van der Waals surface area contributed by atoms with Crippen molar-refractivity contribution in [3.8, 4) is 5.88 Å². The first-order valence-corrected chi connectivity index (χ1v) is 5.44. The molecule has 0 unspecified atom stereocenters. The van der Waals surface area contributed by atoms with Crippen molar-refractivity contribution in [2.24, 2.45) is 0 Å². The number of nitrogens with zero attached hydrogens (tertiary/aromatic N) is 1. The SMILES string of the molecule is OB(O)c1ccc(OC2CC2)nc1I. The van der Waals surface area contributed by atoms with Gasteiger partial charge in [-0.05, 0) is 35.4 Å². The molecule has 1 saturated carbocycles. The largest absolute Gasteiger partial charge is 0.491 e. The highest BCUT2D eigenvalue weighted by atomic mass is 127. The summed E-state index contributed by atoms with van der Waals surface area (Å²) in [5.41, 5.74) is 0.411. The second kappa shape index (κ2) is 4.04. The molecule has 74 valence electrons. The minimum Gasteiger partial charge on any atom is -0.474 e. The number of hydrogen-bond donors (Lipinski definition) is 2. The molecule has 1 aliphatic carbocycles. The molecule has 1 aliphatic rings. The molecule has 2 N–H and O–H groups in total. The van der Waals surface area contributed by atoms with Crippen LogP contribution >= 0.6 is 22.6 Å². The lowest BCUT2D eigenvalue weighted by Crippen LogP contribution is -2.33. The van der Waals surface area contributed by atoms with Crippen molar-refractivity contribution in [1.29, 1.82) is 0 Å². The van der Waals surface area contributed by atoms with Crippen LogP contribution in [-0.2, 0) is 0 Å². The standard InChI is InChI=1S/C8H9BINO3/c10-8-6(9(12)13)3-4-7(11-8)14-5-1-2-5/h3-5,12-13H,1-2H2. The quantitative estimate of drug-likeness (QED) is 0.465. The molecule has 6 heteroatoms. The van der Waals surface area contributed by atoms with E-state index in [1.807, 2.05) is 22.6 Å². The van der Waals surface area contributed by atoms with Gasteiger partial charge in [0.2, 0.25) is 5.88 Å². The molecular weight excluding hydrogens is 296 g/mol. The highest BCUT2D eigenvalue weighted by Crippen LogP contribution is 2.25. The smallest absolute Gasteiger partial charge is 0.474 e. The van der Waals surface area contributed by atoms with E-state index in [1.165, 1.54) is 0 Å². The molecule has 14 heavy (non-hydrogen) atoms. The Balaban J connectivity index is 2.16. The predicted octanol–water partition coefficient (Wildman–Crippen LogP) is -0.0928.